The van der Waals surface area contributed by atoms with E-state index in [-0.39, 0.29) is 36.4 Å². The Morgan fingerprint density at radius 3 is 2.56 bits per heavy atom. The molecule has 4 rings (SSSR count). The molecule has 0 spiro atoms. The number of hydrogen-bond acceptors (Lipinski definition) is 5. The normalized spacial score (nSPS) is 17.2. The molecule has 2 aromatic carbocycles. The monoisotopic (exact) mass is 457 g/mol. The lowest BCUT2D eigenvalue weighted by molar-refractivity contribution is -0.136. The Bertz CT molecular complexity index is 1200. The average Bonchev–Trinajstić information content (AvgIpc) is 3.38. The van der Waals surface area contributed by atoms with Crippen LogP contribution < -0.4 is 4.74 Å². The predicted molar refractivity (Wildman–Crippen MR) is 118 cm³/mol. The number of ether oxygens (including phenoxy) is 1. The fourth-order valence-corrected chi connectivity index (χ4v) is 5.51. The molecule has 1 unspecified atom stereocenters. The van der Waals surface area contributed by atoms with Gasteiger partial charge in [0.1, 0.15) is 23.1 Å². The molecular formula is C24H24FNO5S. The number of amides is 1. The predicted octanol–water partition coefficient (Wildman–Crippen LogP) is 3.99. The highest BCUT2D eigenvalue weighted by molar-refractivity contribution is 7.91. The van der Waals surface area contributed by atoms with Crippen molar-refractivity contribution in [3.8, 4) is 17.1 Å². The van der Waals surface area contributed by atoms with E-state index in [1.165, 1.54) is 17.0 Å². The fraction of sp³-hybridized carbons (Fsp3) is 0.292. The van der Waals surface area contributed by atoms with Gasteiger partial charge in [0, 0.05) is 11.6 Å². The van der Waals surface area contributed by atoms with Gasteiger partial charge in [0.2, 0.25) is 0 Å². The van der Waals surface area contributed by atoms with Crippen molar-refractivity contribution in [3.05, 3.63) is 77.8 Å². The molecule has 1 aliphatic heterocycles. The Balaban J connectivity index is 1.51. The van der Waals surface area contributed by atoms with Gasteiger partial charge in [-0.1, -0.05) is 18.2 Å². The van der Waals surface area contributed by atoms with E-state index in [0.717, 1.165) is 5.56 Å². The van der Waals surface area contributed by atoms with Crippen molar-refractivity contribution in [1.82, 2.24) is 4.90 Å². The first-order valence-corrected chi connectivity index (χ1v) is 12.2. The van der Waals surface area contributed by atoms with E-state index in [1.807, 2.05) is 25.1 Å². The molecular weight excluding hydrogens is 433 g/mol. The van der Waals surface area contributed by atoms with Crippen LogP contribution in [0.5, 0.6) is 5.75 Å². The molecule has 0 aliphatic carbocycles. The van der Waals surface area contributed by atoms with E-state index in [2.05, 4.69) is 0 Å². The van der Waals surface area contributed by atoms with Crippen LogP contribution in [0.15, 0.2) is 65.1 Å². The van der Waals surface area contributed by atoms with Crippen LogP contribution in [0.4, 0.5) is 4.39 Å². The Hall–Kier alpha value is -3.13. The summed E-state index contributed by atoms with van der Waals surface area (Å²) >= 11 is 0. The van der Waals surface area contributed by atoms with Gasteiger partial charge in [0.15, 0.2) is 16.4 Å². The van der Waals surface area contributed by atoms with Crippen LogP contribution in [-0.2, 0) is 21.2 Å². The third-order valence-corrected chi connectivity index (χ3v) is 7.28. The number of rotatable bonds is 7. The maximum atomic E-state index is 13.2. The SMILES string of the molecule is Cc1ccccc1OCC(=O)N(Cc1ccc(-c2ccc(F)cc2)o1)C1CCS(=O)(=O)C1. The molecule has 1 amide bonds. The molecule has 1 aromatic heterocycles. The first kappa shape index (κ1) is 22.1. The van der Waals surface area contributed by atoms with E-state index in [0.29, 0.717) is 29.3 Å². The van der Waals surface area contributed by atoms with E-state index in [4.69, 9.17) is 9.15 Å². The summed E-state index contributed by atoms with van der Waals surface area (Å²) in [6.07, 6.45) is 0.379. The van der Waals surface area contributed by atoms with Gasteiger partial charge in [0.05, 0.1) is 18.1 Å². The van der Waals surface area contributed by atoms with Crippen LogP contribution in [0.25, 0.3) is 11.3 Å². The van der Waals surface area contributed by atoms with Gasteiger partial charge in [-0.2, -0.15) is 0 Å². The van der Waals surface area contributed by atoms with Gasteiger partial charge in [0.25, 0.3) is 5.91 Å². The Morgan fingerprint density at radius 1 is 1.12 bits per heavy atom. The third-order valence-electron chi connectivity index (χ3n) is 5.53. The van der Waals surface area contributed by atoms with Crippen molar-refractivity contribution in [3.63, 3.8) is 0 Å². The zero-order valence-corrected chi connectivity index (χ0v) is 18.5. The lowest BCUT2D eigenvalue weighted by atomic mass is 10.2. The summed E-state index contributed by atoms with van der Waals surface area (Å²) in [6.45, 7) is 1.81. The number of para-hydroxylation sites is 1. The highest BCUT2D eigenvalue weighted by Gasteiger charge is 2.35. The summed E-state index contributed by atoms with van der Waals surface area (Å²) in [5.41, 5.74) is 1.62. The largest absolute Gasteiger partial charge is 0.484 e. The molecule has 32 heavy (non-hydrogen) atoms. The molecule has 0 saturated carbocycles. The van der Waals surface area contributed by atoms with Crippen LogP contribution in [0.1, 0.15) is 17.7 Å². The number of carbonyl (C=O) groups excluding carboxylic acids is 1. The number of halogens is 1. The van der Waals surface area contributed by atoms with Crippen molar-refractivity contribution >= 4 is 15.7 Å². The zero-order valence-electron chi connectivity index (χ0n) is 17.7. The molecule has 2 heterocycles. The summed E-state index contributed by atoms with van der Waals surface area (Å²) in [7, 11) is -3.18. The standard InChI is InChI=1S/C24H24FNO5S/c1-17-4-2-3-5-22(17)30-15-24(27)26(20-12-13-32(28,29)16-20)14-21-10-11-23(31-21)18-6-8-19(25)9-7-18/h2-11,20H,12-16H2,1H3. The lowest BCUT2D eigenvalue weighted by Gasteiger charge is -2.27. The minimum atomic E-state index is -3.18. The Morgan fingerprint density at radius 2 is 1.88 bits per heavy atom. The van der Waals surface area contributed by atoms with E-state index >= 15 is 0 Å². The smallest absolute Gasteiger partial charge is 0.261 e. The first-order chi connectivity index (χ1) is 15.3. The highest BCUT2D eigenvalue weighted by atomic mass is 32.2. The van der Waals surface area contributed by atoms with Crippen molar-refractivity contribution in [2.45, 2.75) is 25.9 Å². The number of sulfone groups is 1. The topological polar surface area (TPSA) is 76.8 Å². The molecule has 0 radical (unpaired) electrons. The summed E-state index contributed by atoms with van der Waals surface area (Å²) < 4.78 is 48.8. The van der Waals surface area contributed by atoms with Crippen molar-refractivity contribution in [2.24, 2.45) is 0 Å². The van der Waals surface area contributed by atoms with E-state index in [9.17, 15) is 17.6 Å². The van der Waals surface area contributed by atoms with Gasteiger partial charge >= 0.3 is 0 Å². The fourth-order valence-electron chi connectivity index (χ4n) is 3.78. The second-order valence-corrected chi connectivity index (χ2v) is 10.1. The van der Waals surface area contributed by atoms with Crippen molar-refractivity contribution < 1.29 is 26.8 Å². The molecule has 1 fully saturated rings. The van der Waals surface area contributed by atoms with E-state index in [1.54, 1.807) is 30.3 Å². The number of furan rings is 1. The molecule has 3 aromatic rings. The first-order valence-electron chi connectivity index (χ1n) is 10.3. The number of carbonyl (C=O) groups is 1. The van der Waals surface area contributed by atoms with Crippen molar-refractivity contribution in [2.75, 3.05) is 18.1 Å². The third kappa shape index (κ3) is 5.19. The molecule has 168 valence electrons. The number of hydrogen-bond donors (Lipinski definition) is 0. The number of aryl methyl sites for hydroxylation is 1. The average molecular weight is 458 g/mol. The van der Waals surface area contributed by atoms with Crippen LogP contribution >= 0.6 is 0 Å². The summed E-state index contributed by atoms with van der Waals surface area (Å²) in [4.78, 5) is 14.6. The molecule has 8 heteroatoms. The Kier molecular flexibility index (Phi) is 6.32. The summed E-state index contributed by atoms with van der Waals surface area (Å²) in [5, 5.41) is 0. The van der Waals surface area contributed by atoms with E-state index < -0.39 is 15.9 Å². The summed E-state index contributed by atoms with van der Waals surface area (Å²) in [5.74, 6) is 0.994. The van der Waals surface area contributed by atoms with Gasteiger partial charge in [-0.3, -0.25) is 4.79 Å². The van der Waals surface area contributed by atoms with Gasteiger partial charge in [-0.25, -0.2) is 12.8 Å². The molecule has 1 saturated heterocycles. The number of benzene rings is 2. The summed E-state index contributed by atoms with van der Waals surface area (Å²) in [6, 6.07) is 16.4. The zero-order chi connectivity index (χ0) is 22.7. The molecule has 1 aliphatic rings. The minimum absolute atomic E-state index is 0.0546. The second-order valence-electron chi connectivity index (χ2n) is 7.91. The lowest BCUT2D eigenvalue weighted by Crippen LogP contribution is -2.43. The van der Waals surface area contributed by atoms with Gasteiger partial charge < -0.3 is 14.1 Å². The second kappa shape index (κ2) is 9.16. The van der Waals surface area contributed by atoms with Crippen LogP contribution in [0.2, 0.25) is 0 Å². The van der Waals surface area contributed by atoms with Gasteiger partial charge in [-0.05, 0) is 61.4 Å². The van der Waals surface area contributed by atoms with Crippen LogP contribution in [0, 0.1) is 12.7 Å². The van der Waals surface area contributed by atoms with Crippen LogP contribution in [0.3, 0.4) is 0 Å². The molecule has 0 N–H and O–H groups in total. The molecule has 1 atom stereocenters. The van der Waals surface area contributed by atoms with Gasteiger partial charge in [-0.15, -0.1) is 0 Å². The highest BCUT2D eigenvalue weighted by Crippen LogP contribution is 2.26. The van der Waals surface area contributed by atoms with Crippen molar-refractivity contribution in [1.29, 1.82) is 0 Å². The van der Waals surface area contributed by atoms with Crippen LogP contribution in [-0.4, -0.2) is 43.4 Å². The quantitative estimate of drug-likeness (QED) is 0.536. The maximum absolute atomic E-state index is 13.2. The molecule has 0 bridgehead atoms. The number of nitrogens with zero attached hydrogens (tertiary/aromatic N) is 1. The minimum Gasteiger partial charge on any atom is -0.484 e. The molecule has 6 nitrogen and oxygen atoms in total. The Labute approximate surface area is 186 Å². The maximum Gasteiger partial charge on any atom is 0.261 e.